The predicted molar refractivity (Wildman–Crippen MR) is 87.5 cm³/mol. The molecule has 1 atom stereocenters. The zero-order chi connectivity index (χ0) is 15.8. The summed E-state index contributed by atoms with van der Waals surface area (Å²) in [7, 11) is 4.12. The Balaban J connectivity index is 2.83. The van der Waals surface area contributed by atoms with Crippen molar-refractivity contribution in [3.63, 3.8) is 0 Å². The largest absolute Gasteiger partial charge is 0.352 e. The van der Waals surface area contributed by atoms with Crippen LogP contribution in [-0.4, -0.2) is 59.6 Å². The van der Waals surface area contributed by atoms with E-state index in [1.807, 2.05) is 0 Å². The highest BCUT2D eigenvalue weighted by atomic mass is 15.4. The minimum absolute atomic E-state index is 0.268. The van der Waals surface area contributed by atoms with Gasteiger partial charge in [-0.05, 0) is 47.8 Å². The fourth-order valence-corrected chi connectivity index (χ4v) is 1.89. The normalized spacial score (nSPS) is 12.3. The average Bonchev–Trinajstić information content (AvgIpc) is 2.46. The second kappa shape index (κ2) is 8.58. The first-order valence-electron chi connectivity index (χ1n) is 7.39. The molecule has 1 unspecified atom stereocenters. The maximum absolute atomic E-state index is 5.44. The molecule has 8 heteroatoms. The van der Waals surface area contributed by atoms with Crippen molar-refractivity contribution in [2.24, 2.45) is 5.84 Å². The first-order chi connectivity index (χ1) is 9.99. The molecule has 1 rings (SSSR count). The Hall–Kier alpha value is -1.67. The lowest BCUT2D eigenvalue weighted by molar-refractivity contribution is 0.390. The number of hydrogen-bond donors (Lipinski definition) is 3. The van der Waals surface area contributed by atoms with E-state index >= 15 is 0 Å². The van der Waals surface area contributed by atoms with Crippen LogP contribution in [0.4, 0.5) is 17.8 Å². The van der Waals surface area contributed by atoms with E-state index in [0.29, 0.717) is 17.8 Å². The number of anilines is 3. The van der Waals surface area contributed by atoms with Crippen LogP contribution >= 0.6 is 0 Å². The van der Waals surface area contributed by atoms with Gasteiger partial charge in [0.2, 0.25) is 17.8 Å². The van der Waals surface area contributed by atoms with Crippen molar-refractivity contribution in [1.29, 1.82) is 0 Å². The van der Waals surface area contributed by atoms with Gasteiger partial charge in [-0.1, -0.05) is 0 Å². The van der Waals surface area contributed by atoms with E-state index in [1.54, 1.807) is 0 Å². The lowest BCUT2D eigenvalue weighted by atomic mass is 10.2. The van der Waals surface area contributed by atoms with Gasteiger partial charge in [0.05, 0.1) is 0 Å². The van der Waals surface area contributed by atoms with E-state index in [4.69, 9.17) is 5.84 Å². The van der Waals surface area contributed by atoms with Crippen molar-refractivity contribution in [2.45, 2.75) is 33.2 Å². The number of aromatic nitrogens is 3. The van der Waals surface area contributed by atoms with Crippen molar-refractivity contribution >= 4 is 17.8 Å². The molecule has 1 aromatic heterocycles. The van der Waals surface area contributed by atoms with Gasteiger partial charge in [-0.2, -0.15) is 15.0 Å². The quantitative estimate of drug-likeness (QED) is 0.454. The molecule has 1 aromatic rings. The molecule has 0 aliphatic heterocycles. The summed E-state index contributed by atoms with van der Waals surface area (Å²) in [5, 5.41) is 3.30. The van der Waals surface area contributed by atoms with E-state index in [2.05, 4.69) is 70.4 Å². The number of hydrogen-bond acceptors (Lipinski definition) is 8. The second-order valence-corrected chi connectivity index (χ2v) is 5.24. The topological polar surface area (TPSA) is 95.2 Å². The van der Waals surface area contributed by atoms with Crippen molar-refractivity contribution in [2.75, 3.05) is 49.4 Å². The summed E-state index contributed by atoms with van der Waals surface area (Å²) in [5.41, 5.74) is 2.50. The minimum atomic E-state index is 0.268. The average molecular weight is 296 g/mol. The highest BCUT2D eigenvalue weighted by molar-refractivity contribution is 5.43. The van der Waals surface area contributed by atoms with Gasteiger partial charge in [0.1, 0.15) is 0 Å². The Kier molecular flexibility index (Phi) is 7.10. The van der Waals surface area contributed by atoms with E-state index in [-0.39, 0.29) is 6.04 Å². The van der Waals surface area contributed by atoms with Crippen LogP contribution in [0.3, 0.4) is 0 Å². The standard InChI is InChI=1S/C13H28N8/c1-6-21(7-2)13-17-11(16-12(18-13)19-14)15-10(3)8-9-20(4)5/h10H,6-9,14H2,1-5H3,(H2,15,16,17,18,19). The molecule has 0 saturated carbocycles. The van der Waals surface area contributed by atoms with Crippen LogP contribution in [0.5, 0.6) is 0 Å². The summed E-state index contributed by atoms with van der Waals surface area (Å²) in [5.74, 6) is 6.99. The van der Waals surface area contributed by atoms with Gasteiger partial charge in [0.25, 0.3) is 0 Å². The summed E-state index contributed by atoms with van der Waals surface area (Å²) in [6, 6.07) is 0.268. The van der Waals surface area contributed by atoms with Gasteiger partial charge in [-0.15, -0.1) is 0 Å². The van der Waals surface area contributed by atoms with Crippen LogP contribution < -0.4 is 21.5 Å². The Morgan fingerprint density at radius 2 is 1.71 bits per heavy atom. The van der Waals surface area contributed by atoms with Crippen molar-refractivity contribution in [3.05, 3.63) is 0 Å². The molecule has 0 saturated heterocycles. The third kappa shape index (κ3) is 5.68. The van der Waals surface area contributed by atoms with Gasteiger partial charge in [-0.3, -0.25) is 5.43 Å². The molecule has 0 aliphatic rings. The maximum atomic E-state index is 5.44. The number of rotatable bonds is 9. The number of nitrogens with two attached hydrogens (primary N) is 1. The smallest absolute Gasteiger partial charge is 0.243 e. The van der Waals surface area contributed by atoms with Gasteiger partial charge >= 0.3 is 0 Å². The van der Waals surface area contributed by atoms with Crippen LogP contribution in [0.25, 0.3) is 0 Å². The van der Waals surface area contributed by atoms with E-state index in [9.17, 15) is 0 Å². The zero-order valence-electron chi connectivity index (χ0n) is 13.7. The summed E-state index contributed by atoms with van der Waals surface area (Å²) in [4.78, 5) is 17.2. The number of nitrogens with one attached hydrogen (secondary N) is 2. The molecule has 0 radical (unpaired) electrons. The van der Waals surface area contributed by atoms with Crippen LogP contribution in [-0.2, 0) is 0 Å². The molecule has 8 nitrogen and oxygen atoms in total. The van der Waals surface area contributed by atoms with Crippen LogP contribution in [0, 0.1) is 0 Å². The van der Waals surface area contributed by atoms with Gasteiger partial charge < -0.3 is 15.1 Å². The highest BCUT2D eigenvalue weighted by Crippen LogP contribution is 2.14. The summed E-state index contributed by atoms with van der Waals surface area (Å²) < 4.78 is 0. The van der Waals surface area contributed by atoms with Crippen LogP contribution in [0.15, 0.2) is 0 Å². The lowest BCUT2D eigenvalue weighted by Gasteiger charge is -2.21. The minimum Gasteiger partial charge on any atom is -0.352 e. The van der Waals surface area contributed by atoms with Gasteiger partial charge in [0, 0.05) is 19.1 Å². The number of nitrogens with zero attached hydrogens (tertiary/aromatic N) is 5. The zero-order valence-corrected chi connectivity index (χ0v) is 13.7. The van der Waals surface area contributed by atoms with Crippen LogP contribution in [0.2, 0.25) is 0 Å². The van der Waals surface area contributed by atoms with E-state index < -0.39 is 0 Å². The van der Waals surface area contributed by atoms with Crippen molar-refractivity contribution in [3.8, 4) is 0 Å². The van der Waals surface area contributed by atoms with Gasteiger partial charge in [0.15, 0.2) is 0 Å². The monoisotopic (exact) mass is 296 g/mol. The first kappa shape index (κ1) is 17.4. The Labute approximate surface area is 127 Å². The van der Waals surface area contributed by atoms with Gasteiger partial charge in [-0.25, -0.2) is 5.84 Å². The Bertz CT molecular complexity index is 419. The summed E-state index contributed by atoms with van der Waals surface area (Å²) in [6.07, 6.45) is 1.00. The number of hydrazine groups is 1. The molecule has 1 heterocycles. The first-order valence-corrected chi connectivity index (χ1v) is 7.39. The molecule has 0 fully saturated rings. The third-order valence-corrected chi connectivity index (χ3v) is 3.18. The van der Waals surface area contributed by atoms with Crippen molar-refractivity contribution < 1.29 is 0 Å². The molecule has 4 N–H and O–H groups in total. The van der Waals surface area contributed by atoms with E-state index in [0.717, 1.165) is 26.1 Å². The summed E-state index contributed by atoms with van der Waals surface area (Å²) in [6.45, 7) is 8.91. The molecule has 0 amide bonds. The van der Waals surface area contributed by atoms with Crippen molar-refractivity contribution in [1.82, 2.24) is 19.9 Å². The highest BCUT2D eigenvalue weighted by Gasteiger charge is 2.12. The Morgan fingerprint density at radius 1 is 1.10 bits per heavy atom. The van der Waals surface area contributed by atoms with Crippen LogP contribution in [0.1, 0.15) is 27.2 Å². The Morgan fingerprint density at radius 3 is 2.24 bits per heavy atom. The SMILES string of the molecule is CCN(CC)c1nc(NN)nc(NC(C)CCN(C)C)n1. The summed E-state index contributed by atoms with van der Waals surface area (Å²) >= 11 is 0. The molecular weight excluding hydrogens is 268 g/mol. The maximum Gasteiger partial charge on any atom is 0.243 e. The number of nitrogen functional groups attached to an aromatic ring is 1. The fourth-order valence-electron chi connectivity index (χ4n) is 1.89. The molecular formula is C13H28N8. The lowest BCUT2D eigenvalue weighted by Crippen LogP contribution is -2.28. The molecule has 120 valence electrons. The van der Waals surface area contributed by atoms with E-state index in [1.165, 1.54) is 0 Å². The molecule has 0 aliphatic carbocycles. The molecule has 0 aromatic carbocycles. The second-order valence-electron chi connectivity index (χ2n) is 5.24. The predicted octanol–water partition coefficient (Wildman–Crippen LogP) is 0.756. The fraction of sp³-hybridized carbons (Fsp3) is 0.769. The molecule has 21 heavy (non-hydrogen) atoms. The molecule has 0 bridgehead atoms. The molecule has 0 spiro atoms. The third-order valence-electron chi connectivity index (χ3n) is 3.18.